The van der Waals surface area contributed by atoms with Crippen molar-refractivity contribution in [2.75, 3.05) is 0 Å². The fourth-order valence-corrected chi connectivity index (χ4v) is 3.94. The monoisotopic (exact) mass is 418 g/mol. The molecule has 158 valence electrons. The Kier molecular flexibility index (Phi) is 5.67. The van der Waals surface area contributed by atoms with E-state index in [0.29, 0.717) is 24.0 Å². The summed E-state index contributed by atoms with van der Waals surface area (Å²) in [7, 11) is 0. The van der Waals surface area contributed by atoms with E-state index in [2.05, 4.69) is 10.1 Å². The Balaban J connectivity index is 1.70. The summed E-state index contributed by atoms with van der Waals surface area (Å²) >= 11 is 0. The molecule has 0 bridgehead atoms. The van der Waals surface area contributed by atoms with Crippen molar-refractivity contribution in [2.45, 2.75) is 44.4 Å². The van der Waals surface area contributed by atoms with Crippen molar-refractivity contribution in [1.82, 2.24) is 9.88 Å². The average Bonchev–Trinajstić information content (AvgIpc) is 3.11. The first-order valence-electron chi connectivity index (χ1n) is 9.78. The van der Waals surface area contributed by atoms with Gasteiger partial charge in [0.1, 0.15) is 11.6 Å². The maximum Gasteiger partial charge on any atom is 0.387 e. The molecule has 3 aromatic rings. The first-order chi connectivity index (χ1) is 14.4. The van der Waals surface area contributed by atoms with Crippen LogP contribution < -0.4 is 10.1 Å². The number of halogens is 3. The molecule has 1 saturated carbocycles. The third kappa shape index (κ3) is 4.00. The van der Waals surface area contributed by atoms with E-state index in [9.17, 15) is 23.1 Å². The number of nitrogens with one attached hydrogen (secondary N) is 1. The van der Waals surface area contributed by atoms with E-state index in [-0.39, 0.29) is 22.7 Å². The molecule has 1 aromatic heterocycles. The van der Waals surface area contributed by atoms with Gasteiger partial charge >= 0.3 is 6.61 Å². The molecular weight excluding hydrogens is 397 g/mol. The van der Waals surface area contributed by atoms with Crippen molar-refractivity contribution in [1.29, 1.82) is 0 Å². The van der Waals surface area contributed by atoms with E-state index in [1.165, 1.54) is 30.5 Å². The topological polar surface area (TPSA) is 63.5 Å². The van der Waals surface area contributed by atoms with Gasteiger partial charge in [-0.15, -0.1) is 0 Å². The van der Waals surface area contributed by atoms with Crippen LogP contribution in [-0.4, -0.2) is 34.3 Å². The van der Waals surface area contributed by atoms with E-state index in [4.69, 9.17) is 0 Å². The molecular formula is C22H21F3N2O3. The Bertz CT molecular complexity index is 1050. The molecule has 30 heavy (non-hydrogen) atoms. The minimum atomic E-state index is -2.93. The Labute approximate surface area is 171 Å². The molecule has 8 heteroatoms. The van der Waals surface area contributed by atoms with Gasteiger partial charge in [0.25, 0.3) is 5.91 Å². The zero-order valence-electron chi connectivity index (χ0n) is 16.0. The van der Waals surface area contributed by atoms with E-state index in [0.717, 1.165) is 12.8 Å². The van der Waals surface area contributed by atoms with Crippen molar-refractivity contribution in [3.8, 4) is 11.4 Å². The molecule has 0 spiro atoms. The number of aromatic nitrogens is 1. The first kappa shape index (κ1) is 20.3. The highest BCUT2D eigenvalue weighted by atomic mass is 19.3. The van der Waals surface area contributed by atoms with Crippen molar-refractivity contribution >= 4 is 16.8 Å². The van der Waals surface area contributed by atoms with E-state index in [1.54, 1.807) is 22.8 Å². The maximum absolute atomic E-state index is 14.7. The van der Waals surface area contributed by atoms with Crippen molar-refractivity contribution in [3.63, 3.8) is 0 Å². The molecule has 0 aliphatic heterocycles. The number of aliphatic hydroxyl groups is 1. The number of rotatable bonds is 5. The predicted octanol–water partition coefficient (Wildman–Crippen LogP) is 4.40. The normalized spacial score (nSPS) is 19.2. The third-order valence-electron chi connectivity index (χ3n) is 5.41. The number of carbonyl (C=O) groups is 1. The molecule has 2 N–H and O–H groups in total. The number of carbonyl (C=O) groups excluding carboxylic acids is 1. The van der Waals surface area contributed by atoms with Crippen LogP contribution in [0.3, 0.4) is 0 Å². The van der Waals surface area contributed by atoms with Gasteiger partial charge in [-0.2, -0.15) is 8.78 Å². The van der Waals surface area contributed by atoms with E-state index >= 15 is 0 Å². The summed E-state index contributed by atoms with van der Waals surface area (Å²) in [5.74, 6) is -1.01. The minimum absolute atomic E-state index is 0.000597. The van der Waals surface area contributed by atoms with Crippen molar-refractivity contribution in [2.24, 2.45) is 0 Å². The summed E-state index contributed by atoms with van der Waals surface area (Å²) in [4.78, 5) is 12.9. The molecule has 0 radical (unpaired) electrons. The van der Waals surface area contributed by atoms with Gasteiger partial charge in [0.05, 0.1) is 23.2 Å². The first-order valence-corrected chi connectivity index (χ1v) is 9.78. The molecule has 4 rings (SSSR count). The second-order valence-electron chi connectivity index (χ2n) is 7.35. The van der Waals surface area contributed by atoms with Crippen LogP contribution in [0.5, 0.6) is 5.75 Å². The lowest BCUT2D eigenvalue weighted by atomic mass is 9.92. The zero-order valence-corrected chi connectivity index (χ0v) is 16.0. The molecule has 2 aromatic carbocycles. The molecule has 2 atom stereocenters. The number of fused-ring (bicyclic) bond motifs is 1. The molecule has 0 saturated heterocycles. The Morgan fingerprint density at radius 1 is 1.13 bits per heavy atom. The third-order valence-corrected chi connectivity index (χ3v) is 5.41. The number of benzene rings is 2. The summed E-state index contributed by atoms with van der Waals surface area (Å²) in [6.07, 6.45) is 4.00. The van der Waals surface area contributed by atoms with E-state index < -0.39 is 24.4 Å². The van der Waals surface area contributed by atoms with E-state index in [1.807, 2.05) is 0 Å². The van der Waals surface area contributed by atoms with Crippen LogP contribution in [0.4, 0.5) is 13.2 Å². The van der Waals surface area contributed by atoms with Gasteiger partial charge in [-0.3, -0.25) is 4.79 Å². The van der Waals surface area contributed by atoms with Crippen molar-refractivity contribution < 1.29 is 27.8 Å². The van der Waals surface area contributed by atoms with Crippen LogP contribution in [0.25, 0.3) is 16.6 Å². The number of alkyl halides is 2. The summed E-state index contributed by atoms with van der Waals surface area (Å²) in [5.41, 5.74) is 1.17. The number of nitrogens with zero attached hydrogens (tertiary/aromatic N) is 1. The van der Waals surface area contributed by atoms with Gasteiger partial charge in [-0.1, -0.05) is 18.9 Å². The lowest BCUT2D eigenvalue weighted by Gasteiger charge is -2.28. The Morgan fingerprint density at radius 3 is 2.57 bits per heavy atom. The van der Waals surface area contributed by atoms with Gasteiger partial charge < -0.3 is 19.7 Å². The van der Waals surface area contributed by atoms with Crippen LogP contribution in [0.2, 0.25) is 0 Å². The SMILES string of the molecule is O=C(N[C@H]1CCCC[C@@H]1O)c1cn(-c2ccc(OC(F)F)cc2)c2cccc(F)c12. The lowest BCUT2D eigenvalue weighted by molar-refractivity contribution is -0.0498. The molecule has 5 nitrogen and oxygen atoms in total. The van der Waals surface area contributed by atoms with Gasteiger partial charge in [-0.05, 0) is 49.2 Å². The average molecular weight is 418 g/mol. The van der Waals surface area contributed by atoms with Crippen LogP contribution in [0, 0.1) is 5.82 Å². The molecule has 1 heterocycles. The van der Waals surface area contributed by atoms with Gasteiger partial charge in [0.15, 0.2) is 0 Å². The van der Waals surface area contributed by atoms with Crippen molar-refractivity contribution in [3.05, 3.63) is 60.0 Å². The maximum atomic E-state index is 14.7. The van der Waals surface area contributed by atoms with Crippen LogP contribution in [0.15, 0.2) is 48.7 Å². The lowest BCUT2D eigenvalue weighted by Crippen LogP contribution is -2.45. The summed E-state index contributed by atoms with van der Waals surface area (Å²) in [5, 5.41) is 13.1. The Morgan fingerprint density at radius 2 is 1.87 bits per heavy atom. The number of ether oxygens (including phenoxy) is 1. The number of aliphatic hydroxyl groups excluding tert-OH is 1. The second kappa shape index (κ2) is 8.39. The second-order valence-corrected chi connectivity index (χ2v) is 7.35. The summed E-state index contributed by atoms with van der Waals surface area (Å²) in [6, 6.07) is 9.97. The largest absolute Gasteiger partial charge is 0.435 e. The van der Waals surface area contributed by atoms with Crippen LogP contribution in [0.1, 0.15) is 36.0 Å². The highest BCUT2D eigenvalue weighted by Crippen LogP contribution is 2.29. The molecule has 1 amide bonds. The summed E-state index contributed by atoms with van der Waals surface area (Å²) in [6.45, 7) is -2.93. The smallest absolute Gasteiger partial charge is 0.387 e. The van der Waals surface area contributed by atoms with Gasteiger partial charge in [-0.25, -0.2) is 4.39 Å². The summed E-state index contributed by atoms with van der Waals surface area (Å²) < 4.78 is 45.4. The molecule has 1 aliphatic rings. The zero-order chi connectivity index (χ0) is 21.3. The highest BCUT2D eigenvalue weighted by Gasteiger charge is 2.27. The molecule has 1 fully saturated rings. The van der Waals surface area contributed by atoms with Crippen LogP contribution in [-0.2, 0) is 0 Å². The minimum Gasteiger partial charge on any atom is -0.435 e. The Hall–Kier alpha value is -3.00. The van der Waals surface area contributed by atoms with Gasteiger partial charge in [0, 0.05) is 17.3 Å². The predicted molar refractivity (Wildman–Crippen MR) is 106 cm³/mol. The standard InChI is InChI=1S/C22H21F3N2O3/c23-16-4-3-6-18-20(16)15(21(29)26-17-5-1-2-7-19(17)28)12-27(18)13-8-10-14(11-9-13)30-22(24)25/h3-4,6,8-12,17,19,22,28H,1-2,5,7H2,(H,26,29)/t17-,19-/m0/s1. The number of amides is 1. The number of hydrogen-bond donors (Lipinski definition) is 2. The highest BCUT2D eigenvalue weighted by molar-refractivity contribution is 6.07. The quantitative estimate of drug-likeness (QED) is 0.646. The molecule has 0 unspecified atom stereocenters. The number of hydrogen-bond acceptors (Lipinski definition) is 3. The fourth-order valence-electron chi connectivity index (χ4n) is 3.94. The fraction of sp³-hybridized carbons (Fsp3) is 0.318. The van der Waals surface area contributed by atoms with Gasteiger partial charge in [0.2, 0.25) is 0 Å². The van der Waals surface area contributed by atoms with Crippen LogP contribution >= 0.6 is 0 Å². The molecule has 1 aliphatic carbocycles.